The van der Waals surface area contributed by atoms with Gasteiger partial charge in [0.05, 0.1) is 12.1 Å². The summed E-state index contributed by atoms with van der Waals surface area (Å²) in [6, 6.07) is 7.72. The molecule has 0 aromatic carbocycles. The second-order valence-electron chi connectivity index (χ2n) is 4.56. The largest absolute Gasteiger partial charge is 0.464 e. The minimum atomic E-state index is 0.352. The lowest BCUT2D eigenvalue weighted by atomic mass is 10.2. The molecule has 0 saturated heterocycles. The molecule has 100 valence electrons. The predicted molar refractivity (Wildman–Crippen MR) is 80.4 cm³/mol. The van der Waals surface area contributed by atoms with Gasteiger partial charge in [0.25, 0.3) is 0 Å². The van der Waals surface area contributed by atoms with Gasteiger partial charge in [-0.25, -0.2) is 4.98 Å². The Labute approximate surface area is 118 Å². The van der Waals surface area contributed by atoms with Gasteiger partial charge in [0.15, 0.2) is 0 Å². The van der Waals surface area contributed by atoms with E-state index >= 15 is 0 Å². The zero-order chi connectivity index (χ0) is 14.0. The average molecular weight is 275 g/mol. The minimum Gasteiger partial charge on any atom is -0.464 e. The molecule has 0 aliphatic carbocycles. The van der Waals surface area contributed by atoms with Gasteiger partial charge in [-0.1, -0.05) is 12.2 Å². The second kappa shape index (κ2) is 5.40. The fourth-order valence-electron chi connectivity index (χ4n) is 1.91. The fraction of sp³-hybridized carbons (Fsp3) is 0.286. The number of thiocarbonyl (C=S) groups is 1. The van der Waals surface area contributed by atoms with Crippen LogP contribution in [0.1, 0.15) is 22.8 Å². The molecule has 0 radical (unpaired) electrons. The van der Waals surface area contributed by atoms with Crippen molar-refractivity contribution >= 4 is 23.0 Å². The number of anilines is 1. The molecule has 2 aromatic rings. The molecular weight excluding hydrogens is 258 g/mol. The summed E-state index contributed by atoms with van der Waals surface area (Å²) in [5.41, 5.74) is 7.45. The highest BCUT2D eigenvalue weighted by Crippen LogP contribution is 2.20. The molecule has 4 nitrogen and oxygen atoms in total. The summed E-state index contributed by atoms with van der Waals surface area (Å²) in [5, 5.41) is 0. The predicted octanol–water partition coefficient (Wildman–Crippen LogP) is 2.56. The quantitative estimate of drug-likeness (QED) is 0.869. The lowest BCUT2D eigenvalue weighted by Gasteiger charge is -2.20. The third-order valence-corrected chi connectivity index (χ3v) is 3.05. The third kappa shape index (κ3) is 3.12. The highest BCUT2D eigenvalue weighted by molar-refractivity contribution is 7.80. The van der Waals surface area contributed by atoms with Gasteiger partial charge >= 0.3 is 0 Å². The van der Waals surface area contributed by atoms with Crippen molar-refractivity contribution in [1.82, 2.24) is 4.98 Å². The Kier molecular flexibility index (Phi) is 3.85. The molecule has 0 unspecified atom stereocenters. The molecule has 0 aliphatic heterocycles. The van der Waals surface area contributed by atoms with Crippen LogP contribution in [0.15, 0.2) is 28.7 Å². The number of hydrogen-bond acceptors (Lipinski definition) is 4. The van der Waals surface area contributed by atoms with Gasteiger partial charge in [-0.2, -0.15) is 0 Å². The molecule has 2 aromatic heterocycles. The fourth-order valence-corrected chi connectivity index (χ4v) is 2.06. The maximum Gasteiger partial charge on any atom is 0.139 e. The molecule has 0 bridgehead atoms. The maximum atomic E-state index is 5.74. The van der Waals surface area contributed by atoms with E-state index in [0.29, 0.717) is 11.5 Å². The number of pyridine rings is 1. The van der Waals surface area contributed by atoms with Crippen LogP contribution in [-0.4, -0.2) is 17.0 Å². The van der Waals surface area contributed by atoms with E-state index in [1.54, 1.807) is 0 Å². The van der Waals surface area contributed by atoms with E-state index in [9.17, 15) is 0 Å². The molecule has 2 heterocycles. The van der Waals surface area contributed by atoms with Gasteiger partial charge in [-0.05, 0) is 38.1 Å². The Bertz CT molecular complexity index is 606. The molecular formula is C14H17N3OS. The topological polar surface area (TPSA) is 55.3 Å². The Morgan fingerprint density at radius 3 is 2.63 bits per heavy atom. The van der Waals surface area contributed by atoms with E-state index in [2.05, 4.69) is 4.98 Å². The summed E-state index contributed by atoms with van der Waals surface area (Å²) < 4.78 is 5.57. The highest BCUT2D eigenvalue weighted by Gasteiger charge is 2.13. The lowest BCUT2D eigenvalue weighted by Crippen LogP contribution is -2.23. The number of hydrogen-bond donors (Lipinski definition) is 1. The third-order valence-electron chi connectivity index (χ3n) is 2.83. The molecule has 0 fully saturated rings. The molecule has 0 amide bonds. The van der Waals surface area contributed by atoms with Crippen LogP contribution in [0.4, 0.5) is 5.82 Å². The molecule has 5 heteroatoms. The van der Waals surface area contributed by atoms with Crippen molar-refractivity contribution in [3.8, 4) is 0 Å². The van der Waals surface area contributed by atoms with Crippen molar-refractivity contribution in [2.24, 2.45) is 5.73 Å². The van der Waals surface area contributed by atoms with Crippen molar-refractivity contribution in [1.29, 1.82) is 0 Å². The first-order valence-electron chi connectivity index (χ1n) is 6.01. The highest BCUT2D eigenvalue weighted by atomic mass is 32.1. The van der Waals surface area contributed by atoms with E-state index < -0.39 is 0 Å². The van der Waals surface area contributed by atoms with E-state index in [1.165, 1.54) is 0 Å². The van der Waals surface area contributed by atoms with E-state index in [1.807, 2.05) is 50.1 Å². The standard InChI is InChI=1S/C14H17N3OS/c1-9-4-7-12(13(15)19)14(16-9)17(3)8-11-6-5-10(2)18-11/h4-7H,8H2,1-3H3,(H2,15,19). The Morgan fingerprint density at radius 1 is 1.32 bits per heavy atom. The number of rotatable bonds is 4. The molecule has 19 heavy (non-hydrogen) atoms. The first-order valence-corrected chi connectivity index (χ1v) is 6.42. The molecule has 0 aliphatic rings. The van der Waals surface area contributed by atoms with Crippen molar-refractivity contribution < 1.29 is 4.42 Å². The second-order valence-corrected chi connectivity index (χ2v) is 5.00. The monoisotopic (exact) mass is 275 g/mol. The number of nitrogens with zero attached hydrogens (tertiary/aromatic N) is 2. The number of nitrogens with two attached hydrogens (primary N) is 1. The lowest BCUT2D eigenvalue weighted by molar-refractivity contribution is 0.481. The van der Waals surface area contributed by atoms with Crippen molar-refractivity contribution in [3.63, 3.8) is 0 Å². The number of aromatic nitrogens is 1. The number of furan rings is 1. The van der Waals surface area contributed by atoms with Gasteiger partial charge in [-0.3, -0.25) is 0 Å². The van der Waals surface area contributed by atoms with Gasteiger partial charge in [0.1, 0.15) is 22.3 Å². The van der Waals surface area contributed by atoms with Gasteiger partial charge in [0, 0.05) is 12.7 Å². The van der Waals surface area contributed by atoms with Crippen LogP contribution in [0.3, 0.4) is 0 Å². The van der Waals surface area contributed by atoms with Gasteiger partial charge in [-0.15, -0.1) is 0 Å². The summed E-state index contributed by atoms with van der Waals surface area (Å²) in [4.78, 5) is 6.85. The van der Waals surface area contributed by atoms with Crippen LogP contribution in [0.2, 0.25) is 0 Å². The average Bonchev–Trinajstić information content (AvgIpc) is 2.74. The summed E-state index contributed by atoms with van der Waals surface area (Å²) in [7, 11) is 1.95. The van der Waals surface area contributed by atoms with Crippen LogP contribution in [-0.2, 0) is 6.54 Å². The van der Waals surface area contributed by atoms with Crippen LogP contribution >= 0.6 is 12.2 Å². The van der Waals surface area contributed by atoms with Crippen LogP contribution < -0.4 is 10.6 Å². The van der Waals surface area contributed by atoms with E-state index in [4.69, 9.17) is 22.4 Å². The Balaban J connectivity index is 2.29. The minimum absolute atomic E-state index is 0.352. The Morgan fingerprint density at radius 2 is 2.05 bits per heavy atom. The molecule has 0 spiro atoms. The summed E-state index contributed by atoms with van der Waals surface area (Å²) in [6.07, 6.45) is 0. The first kappa shape index (κ1) is 13.5. The number of aryl methyl sites for hydroxylation is 2. The zero-order valence-electron chi connectivity index (χ0n) is 11.3. The smallest absolute Gasteiger partial charge is 0.139 e. The zero-order valence-corrected chi connectivity index (χ0v) is 12.1. The van der Waals surface area contributed by atoms with Crippen LogP contribution in [0.5, 0.6) is 0 Å². The van der Waals surface area contributed by atoms with Crippen molar-refractivity contribution in [3.05, 3.63) is 47.0 Å². The van der Waals surface area contributed by atoms with Gasteiger partial charge < -0.3 is 15.1 Å². The van der Waals surface area contributed by atoms with Crippen molar-refractivity contribution in [2.45, 2.75) is 20.4 Å². The van der Waals surface area contributed by atoms with E-state index in [-0.39, 0.29) is 0 Å². The molecule has 2 N–H and O–H groups in total. The van der Waals surface area contributed by atoms with Crippen LogP contribution in [0.25, 0.3) is 0 Å². The molecule has 2 rings (SSSR count). The summed E-state index contributed by atoms with van der Waals surface area (Å²) in [6.45, 7) is 4.49. The first-order chi connectivity index (χ1) is 8.97. The SMILES string of the molecule is Cc1ccc(C(N)=S)c(N(C)Cc2ccc(C)o2)n1. The van der Waals surface area contributed by atoms with Crippen LogP contribution in [0, 0.1) is 13.8 Å². The maximum absolute atomic E-state index is 5.74. The van der Waals surface area contributed by atoms with Gasteiger partial charge in [0.2, 0.25) is 0 Å². The normalized spacial score (nSPS) is 10.5. The molecule has 0 saturated carbocycles. The van der Waals surface area contributed by atoms with Crippen molar-refractivity contribution in [2.75, 3.05) is 11.9 Å². The van der Waals surface area contributed by atoms with E-state index in [0.717, 1.165) is 28.6 Å². The Hall–Kier alpha value is -1.88. The summed E-state index contributed by atoms with van der Waals surface area (Å²) in [5.74, 6) is 2.56. The summed E-state index contributed by atoms with van der Waals surface area (Å²) >= 11 is 5.07. The molecule has 0 atom stereocenters.